The molecular weight excluding hydrogens is 395 g/mol. The molecule has 2 unspecified atom stereocenters. The molecule has 2 saturated heterocycles. The van der Waals surface area contributed by atoms with E-state index in [0.717, 1.165) is 24.3 Å². The molecule has 29 heavy (non-hydrogen) atoms. The summed E-state index contributed by atoms with van der Waals surface area (Å²) < 4.78 is 13.9. The minimum Gasteiger partial charge on any atom is -0.368 e. The number of amides is 1. The lowest BCUT2D eigenvalue weighted by Crippen LogP contribution is -2.57. The lowest BCUT2D eigenvalue weighted by Gasteiger charge is -2.38. The molecule has 0 saturated carbocycles. The predicted octanol–water partition coefficient (Wildman–Crippen LogP) is 1.86. The highest BCUT2D eigenvalue weighted by Gasteiger charge is 2.37. The number of hydrogen-bond acceptors (Lipinski definition) is 6. The Morgan fingerprint density at radius 1 is 1.14 bits per heavy atom. The lowest BCUT2D eigenvalue weighted by atomic mass is 10.1. The van der Waals surface area contributed by atoms with Gasteiger partial charge < -0.3 is 15.1 Å². The molecule has 0 bridgehead atoms. The minimum atomic E-state index is -0.561. The van der Waals surface area contributed by atoms with Gasteiger partial charge in [-0.15, -0.1) is 0 Å². The zero-order valence-corrected chi connectivity index (χ0v) is 16.8. The molecule has 2 heterocycles. The van der Waals surface area contributed by atoms with Crippen LogP contribution in [-0.2, 0) is 4.79 Å². The number of nitrogens with one attached hydrogen (secondary N) is 4. The molecule has 0 spiro atoms. The average molecular weight is 419 g/mol. The molecule has 2 fully saturated rings. The van der Waals surface area contributed by atoms with Gasteiger partial charge in [0, 0.05) is 36.9 Å². The maximum atomic E-state index is 13.9. The summed E-state index contributed by atoms with van der Waals surface area (Å²) in [6.45, 7) is 4.73. The van der Waals surface area contributed by atoms with Crippen molar-refractivity contribution in [2.75, 3.05) is 36.4 Å². The summed E-state index contributed by atoms with van der Waals surface area (Å²) in [4.78, 5) is 17.1. The topological polar surface area (TPSA) is 71.7 Å². The van der Waals surface area contributed by atoms with Crippen LogP contribution in [0.25, 0.3) is 0 Å². The van der Waals surface area contributed by atoms with Crippen molar-refractivity contribution in [1.29, 1.82) is 0 Å². The first-order chi connectivity index (χ1) is 14.0. The Morgan fingerprint density at radius 2 is 1.90 bits per heavy atom. The normalized spacial score (nSPS) is 22.0. The van der Waals surface area contributed by atoms with Gasteiger partial charge >= 0.3 is 0 Å². The van der Waals surface area contributed by atoms with Crippen LogP contribution in [0.1, 0.15) is 5.56 Å². The molecule has 0 aliphatic carbocycles. The summed E-state index contributed by atoms with van der Waals surface area (Å²) >= 11 is 6.15. The highest BCUT2D eigenvalue weighted by molar-refractivity contribution is 6.30. The van der Waals surface area contributed by atoms with E-state index in [1.54, 1.807) is 18.2 Å². The van der Waals surface area contributed by atoms with Gasteiger partial charge in [0.1, 0.15) is 18.0 Å². The van der Waals surface area contributed by atoms with Gasteiger partial charge in [-0.05, 0) is 36.8 Å². The molecule has 2 aromatic carbocycles. The number of anilines is 2. The van der Waals surface area contributed by atoms with Crippen molar-refractivity contribution in [1.82, 2.24) is 21.3 Å². The van der Waals surface area contributed by atoms with Crippen molar-refractivity contribution in [2.24, 2.45) is 0 Å². The van der Waals surface area contributed by atoms with Crippen molar-refractivity contribution >= 4 is 28.9 Å². The van der Waals surface area contributed by atoms with Crippen LogP contribution in [0.3, 0.4) is 0 Å². The zero-order valence-electron chi connectivity index (χ0n) is 16.1. The van der Waals surface area contributed by atoms with Crippen LogP contribution in [0.4, 0.5) is 15.8 Å². The first-order valence-corrected chi connectivity index (χ1v) is 9.98. The molecule has 2 aliphatic rings. The number of nitrogens with zero attached hydrogens (tertiary/aromatic N) is 2. The SMILES string of the molecule is Cc1ccc(Cl)cc1N1CCN(C(=O)C2NNNC2Nc2ccccc2F)CC1. The van der Waals surface area contributed by atoms with Gasteiger partial charge in [-0.25, -0.2) is 15.2 Å². The molecule has 2 aliphatic heterocycles. The fourth-order valence-electron chi connectivity index (χ4n) is 3.72. The third-order valence-corrected chi connectivity index (χ3v) is 5.58. The smallest absolute Gasteiger partial charge is 0.244 e. The van der Waals surface area contributed by atoms with E-state index in [0.29, 0.717) is 23.8 Å². The first kappa shape index (κ1) is 19.9. The number of hydrogen-bond donors (Lipinski definition) is 4. The Bertz CT molecular complexity index is 889. The highest BCUT2D eigenvalue weighted by Crippen LogP contribution is 2.25. The number of halogens is 2. The van der Waals surface area contributed by atoms with Crippen molar-refractivity contribution in [3.05, 3.63) is 58.9 Å². The quantitative estimate of drug-likeness (QED) is 0.607. The summed E-state index contributed by atoms with van der Waals surface area (Å²) in [5, 5.41) is 3.75. The van der Waals surface area contributed by atoms with Crippen LogP contribution >= 0.6 is 11.6 Å². The van der Waals surface area contributed by atoms with Crippen LogP contribution in [0.2, 0.25) is 5.02 Å². The second-order valence-corrected chi connectivity index (χ2v) is 7.67. The van der Waals surface area contributed by atoms with Crippen molar-refractivity contribution in [3.63, 3.8) is 0 Å². The van der Waals surface area contributed by atoms with E-state index in [-0.39, 0.29) is 11.7 Å². The van der Waals surface area contributed by atoms with Crippen LogP contribution in [0.15, 0.2) is 42.5 Å². The Labute approximate surface area is 174 Å². The third kappa shape index (κ3) is 4.30. The van der Waals surface area contributed by atoms with Crippen LogP contribution in [-0.4, -0.2) is 49.2 Å². The van der Waals surface area contributed by atoms with Gasteiger partial charge in [-0.1, -0.05) is 29.8 Å². The standard InChI is InChI=1S/C20H24ClFN6O/c1-13-6-7-14(21)12-17(13)27-8-10-28(11-9-27)20(29)18-19(25-26-24-18)23-16-5-3-2-4-15(16)22/h2-7,12,18-19,23-26H,8-11H2,1H3. The maximum absolute atomic E-state index is 13.9. The van der Waals surface area contributed by atoms with Crippen LogP contribution < -0.4 is 26.6 Å². The summed E-state index contributed by atoms with van der Waals surface area (Å²) in [5.41, 5.74) is 11.3. The van der Waals surface area contributed by atoms with Gasteiger partial charge in [-0.2, -0.15) is 5.53 Å². The number of piperazine rings is 1. The molecule has 2 aromatic rings. The number of hydrazine groups is 2. The van der Waals surface area contributed by atoms with Gasteiger partial charge in [0.05, 0.1) is 5.69 Å². The molecule has 7 nitrogen and oxygen atoms in total. The van der Waals surface area contributed by atoms with E-state index in [1.807, 2.05) is 23.1 Å². The molecule has 4 N–H and O–H groups in total. The molecule has 154 valence electrons. The number of para-hydroxylation sites is 1. The van der Waals surface area contributed by atoms with E-state index in [2.05, 4.69) is 33.5 Å². The van der Waals surface area contributed by atoms with E-state index in [1.165, 1.54) is 6.07 Å². The lowest BCUT2D eigenvalue weighted by molar-refractivity contribution is -0.133. The second-order valence-electron chi connectivity index (χ2n) is 7.24. The predicted molar refractivity (Wildman–Crippen MR) is 112 cm³/mol. The summed E-state index contributed by atoms with van der Waals surface area (Å²) in [6.07, 6.45) is -0.479. The Kier molecular flexibility index (Phi) is 5.86. The summed E-state index contributed by atoms with van der Waals surface area (Å²) in [6, 6.07) is 11.7. The number of aryl methyl sites for hydroxylation is 1. The molecule has 0 radical (unpaired) electrons. The maximum Gasteiger partial charge on any atom is 0.244 e. The van der Waals surface area contributed by atoms with Crippen molar-refractivity contribution in [3.8, 4) is 0 Å². The van der Waals surface area contributed by atoms with Crippen LogP contribution in [0.5, 0.6) is 0 Å². The minimum absolute atomic E-state index is 0.0428. The number of rotatable bonds is 4. The molecular formula is C20H24ClFN6O. The monoisotopic (exact) mass is 418 g/mol. The number of benzene rings is 2. The number of carbonyl (C=O) groups is 1. The Balaban J connectivity index is 1.39. The Morgan fingerprint density at radius 3 is 2.66 bits per heavy atom. The fraction of sp³-hybridized carbons (Fsp3) is 0.350. The van der Waals surface area contributed by atoms with Gasteiger partial charge in [0.25, 0.3) is 0 Å². The molecule has 4 rings (SSSR count). The van der Waals surface area contributed by atoms with E-state index < -0.39 is 12.2 Å². The third-order valence-electron chi connectivity index (χ3n) is 5.34. The van der Waals surface area contributed by atoms with Crippen molar-refractivity contribution < 1.29 is 9.18 Å². The summed E-state index contributed by atoms with van der Waals surface area (Å²) in [7, 11) is 0. The summed E-state index contributed by atoms with van der Waals surface area (Å²) in [5.74, 6) is -0.406. The number of carbonyl (C=O) groups excluding carboxylic acids is 1. The molecule has 9 heteroatoms. The van der Waals surface area contributed by atoms with Gasteiger partial charge in [0.15, 0.2) is 0 Å². The largest absolute Gasteiger partial charge is 0.368 e. The Hall–Kier alpha value is -2.39. The molecule has 0 aromatic heterocycles. The molecule has 1 amide bonds. The highest BCUT2D eigenvalue weighted by atomic mass is 35.5. The average Bonchev–Trinajstić information content (AvgIpc) is 3.19. The molecule has 2 atom stereocenters. The van der Waals surface area contributed by atoms with E-state index in [9.17, 15) is 9.18 Å². The second kappa shape index (κ2) is 8.54. The zero-order chi connectivity index (χ0) is 20.4. The van der Waals surface area contributed by atoms with E-state index >= 15 is 0 Å². The van der Waals surface area contributed by atoms with Gasteiger partial charge in [-0.3, -0.25) is 4.79 Å². The van der Waals surface area contributed by atoms with Crippen molar-refractivity contribution in [2.45, 2.75) is 19.1 Å². The first-order valence-electron chi connectivity index (χ1n) is 9.60. The van der Waals surface area contributed by atoms with Crippen LogP contribution in [0, 0.1) is 12.7 Å². The fourth-order valence-corrected chi connectivity index (χ4v) is 3.89. The van der Waals surface area contributed by atoms with E-state index in [4.69, 9.17) is 11.6 Å². The van der Waals surface area contributed by atoms with Gasteiger partial charge in [0.2, 0.25) is 5.91 Å².